The van der Waals surface area contributed by atoms with Gasteiger partial charge in [-0.25, -0.2) is 4.68 Å². The lowest BCUT2D eigenvalue weighted by Crippen LogP contribution is -2.27. The summed E-state index contributed by atoms with van der Waals surface area (Å²) in [5.74, 6) is -0.669. The Hall–Kier alpha value is -3.81. The normalized spacial score (nSPS) is 10.6. The molecule has 1 aromatic heterocycles. The van der Waals surface area contributed by atoms with E-state index in [-0.39, 0.29) is 17.1 Å². The maximum absolute atomic E-state index is 12.8. The van der Waals surface area contributed by atoms with Crippen LogP contribution in [0.5, 0.6) is 0 Å². The van der Waals surface area contributed by atoms with Gasteiger partial charge in [-0.05, 0) is 44.9 Å². The van der Waals surface area contributed by atoms with Crippen LogP contribution in [0.3, 0.4) is 0 Å². The first-order chi connectivity index (χ1) is 13.7. The van der Waals surface area contributed by atoms with Crippen molar-refractivity contribution in [1.29, 1.82) is 0 Å². The van der Waals surface area contributed by atoms with E-state index in [4.69, 9.17) is 0 Å². The molecule has 2 aromatic carbocycles. The predicted octanol–water partition coefficient (Wildman–Crippen LogP) is 3.63. The second-order valence-electron chi connectivity index (χ2n) is 6.88. The zero-order valence-electron chi connectivity index (χ0n) is 16.5. The van der Waals surface area contributed by atoms with Crippen LogP contribution in [0.1, 0.15) is 32.9 Å². The molecular formula is C21H20N4O4. The number of aryl methyl sites for hydroxylation is 4. The van der Waals surface area contributed by atoms with Gasteiger partial charge in [0.2, 0.25) is 5.43 Å². The lowest BCUT2D eigenvalue weighted by atomic mass is 10.0. The van der Waals surface area contributed by atoms with Crippen molar-refractivity contribution in [3.8, 4) is 5.69 Å². The molecule has 0 aliphatic heterocycles. The molecule has 29 heavy (non-hydrogen) atoms. The molecule has 0 aliphatic carbocycles. The van der Waals surface area contributed by atoms with Crippen LogP contribution in [0.15, 0.2) is 47.3 Å². The van der Waals surface area contributed by atoms with Gasteiger partial charge < -0.3 is 5.32 Å². The molecular weight excluding hydrogens is 372 g/mol. The van der Waals surface area contributed by atoms with E-state index in [0.29, 0.717) is 11.4 Å². The van der Waals surface area contributed by atoms with Gasteiger partial charge in [0, 0.05) is 23.5 Å². The Morgan fingerprint density at radius 2 is 1.69 bits per heavy atom. The summed E-state index contributed by atoms with van der Waals surface area (Å²) < 4.78 is 1.24. The number of benzene rings is 2. The Morgan fingerprint density at radius 3 is 2.31 bits per heavy atom. The second-order valence-corrected chi connectivity index (χ2v) is 6.88. The molecule has 1 N–H and O–H groups in total. The molecule has 8 heteroatoms. The van der Waals surface area contributed by atoms with Crippen LogP contribution in [0.25, 0.3) is 5.69 Å². The second kappa shape index (κ2) is 7.67. The first-order valence-electron chi connectivity index (χ1n) is 8.93. The summed E-state index contributed by atoms with van der Waals surface area (Å²) in [6, 6.07) is 11.1. The summed E-state index contributed by atoms with van der Waals surface area (Å²) >= 11 is 0. The van der Waals surface area contributed by atoms with Crippen molar-refractivity contribution >= 4 is 17.3 Å². The van der Waals surface area contributed by atoms with Crippen LogP contribution in [0.4, 0.5) is 11.4 Å². The minimum absolute atomic E-state index is 0.173. The van der Waals surface area contributed by atoms with Crippen LogP contribution in [-0.4, -0.2) is 20.6 Å². The third-order valence-corrected chi connectivity index (χ3v) is 4.54. The van der Waals surface area contributed by atoms with Gasteiger partial charge >= 0.3 is 0 Å². The van der Waals surface area contributed by atoms with Crippen LogP contribution < -0.4 is 10.7 Å². The van der Waals surface area contributed by atoms with Gasteiger partial charge in [0.15, 0.2) is 5.69 Å². The number of aromatic nitrogens is 2. The monoisotopic (exact) mass is 392 g/mol. The highest BCUT2D eigenvalue weighted by Gasteiger charge is 2.21. The van der Waals surface area contributed by atoms with Gasteiger partial charge in [-0.1, -0.05) is 29.8 Å². The standard InChI is InChI=1S/C21H20N4O4/c1-12-9-13(2)19(14(3)10-12)22-21(27)20-18(26)11-15(4)24(23-20)16-7-5-6-8-17(16)25(28)29/h5-11H,1-4H3,(H,22,27). The van der Waals surface area contributed by atoms with Gasteiger partial charge in [0.25, 0.3) is 11.6 Å². The van der Waals surface area contributed by atoms with E-state index in [1.165, 1.54) is 28.9 Å². The Bertz CT molecular complexity index is 1170. The summed E-state index contributed by atoms with van der Waals surface area (Å²) in [5, 5.41) is 18.3. The Morgan fingerprint density at radius 1 is 1.07 bits per heavy atom. The van der Waals surface area contributed by atoms with E-state index < -0.39 is 16.3 Å². The Labute approximate surface area is 167 Å². The molecule has 0 bridgehead atoms. The maximum Gasteiger partial charge on any atom is 0.294 e. The van der Waals surface area contributed by atoms with Crippen molar-refractivity contribution in [3.63, 3.8) is 0 Å². The third-order valence-electron chi connectivity index (χ3n) is 4.54. The first kappa shape index (κ1) is 19.9. The first-order valence-corrected chi connectivity index (χ1v) is 8.93. The van der Waals surface area contributed by atoms with Crippen molar-refractivity contribution in [2.24, 2.45) is 0 Å². The van der Waals surface area contributed by atoms with E-state index in [2.05, 4.69) is 10.4 Å². The van der Waals surface area contributed by atoms with Crippen LogP contribution in [0.2, 0.25) is 0 Å². The van der Waals surface area contributed by atoms with E-state index in [9.17, 15) is 19.7 Å². The number of para-hydroxylation sites is 2. The zero-order valence-corrected chi connectivity index (χ0v) is 16.5. The number of anilines is 1. The minimum Gasteiger partial charge on any atom is -0.320 e. The predicted molar refractivity (Wildman–Crippen MR) is 110 cm³/mol. The van der Waals surface area contributed by atoms with Crippen LogP contribution in [-0.2, 0) is 0 Å². The van der Waals surface area contributed by atoms with Crippen molar-refractivity contribution in [1.82, 2.24) is 9.78 Å². The topological polar surface area (TPSA) is 107 Å². The average molecular weight is 392 g/mol. The number of nitro groups is 1. The highest BCUT2D eigenvalue weighted by molar-refractivity contribution is 6.03. The summed E-state index contributed by atoms with van der Waals surface area (Å²) in [4.78, 5) is 36.1. The number of amides is 1. The number of carbonyl (C=O) groups excluding carboxylic acids is 1. The molecule has 1 amide bonds. The molecule has 0 fully saturated rings. The maximum atomic E-state index is 12.8. The number of nitrogens with one attached hydrogen (secondary N) is 1. The number of rotatable bonds is 4. The van der Waals surface area contributed by atoms with E-state index in [1.54, 1.807) is 13.0 Å². The smallest absolute Gasteiger partial charge is 0.294 e. The van der Waals surface area contributed by atoms with Gasteiger partial charge in [-0.2, -0.15) is 5.10 Å². The highest BCUT2D eigenvalue weighted by atomic mass is 16.6. The Kier molecular flexibility index (Phi) is 5.27. The van der Waals surface area contributed by atoms with Crippen molar-refractivity contribution in [2.45, 2.75) is 27.7 Å². The van der Waals surface area contributed by atoms with Crippen LogP contribution >= 0.6 is 0 Å². The fourth-order valence-corrected chi connectivity index (χ4v) is 3.30. The molecule has 3 rings (SSSR count). The lowest BCUT2D eigenvalue weighted by Gasteiger charge is -2.14. The quantitative estimate of drug-likeness (QED) is 0.539. The molecule has 0 spiro atoms. The van der Waals surface area contributed by atoms with E-state index in [0.717, 1.165) is 16.7 Å². The van der Waals surface area contributed by atoms with Gasteiger partial charge in [0.05, 0.1) is 4.92 Å². The average Bonchev–Trinajstić information content (AvgIpc) is 2.64. The molecule has 148 valence electrons. The van der Waals surface area contributed by atoms with Crippen LogP contribution in [0, 0.1) is 37.8 Å². The SMILES string of the molecule is Cc1cc(C)c(NC(=O)c2nn(-c3ccccc3[N+](=O)[O-])c(C)cc2=O)c(C)c1. The highest BCUT2D eigenvalue weighted by Crippen LogP contribution is 2.24. The van der Waals surface area contributed by atoms with Crippen molar-refractivity contribution < 1.29 is 9.72 Å². The number of nitrogens with zero attached hydrogens (tertiary/aromatic N) is 3. The summed E-state index contributed by atoms with van der Waals surface area (Å²) in [7, 11) is 0. The van der Waals surface area contributed by atoms with Crippen molar-refractivity contribution in [2.75, 3.05) is 5.32 Å². The molecule has 3 aromatic rings. The van der Waals surface area contributed by atoms with Gasteiger partial charge in [-0.15, -0.1) is 0 Å². The van der Waals surface area contributed by atoms with E-state index >= 15 is 0 Å². The fourth-order valence-electron chi connectivity index (χ4n) is 3.30. The van der Waals surface area contributed by atoms with E-state index in [1.807, 2.05) is 32.9 Å². The molecule has 0 saturated heterocycles. The number of nitro benzene ring substituents is 1. The number of carbonyl (C=O) groups is 1. The molecule has 1 heterocycles. The summed E-state index contributed by atoms with van der Waals surface area (Å²) in [6.07, 6.45) is 0. The molecule has 0 aliphatic rings. The molecule has 0 radical (unpaired) electrons. The molecule has 0 saturated carbocycles. The number of hydrogen-bond donors (Lipinski definition) is 1. The van der Waals surface area contributed by atoms with Crippen molar-refractivity contribution in [3.05, 3.63) is 90.9 Å². The molecule has 8 nitrogen and oxygen atoms in total. The van der Waals surface area contributed by atoms with Gasteiger partial charge in [-0.3, -0.25) is 19.7 Å². The lowest BCUT2D eigenvalue weighted by molar-refractivity contribution is -0.384. The third kappa shape index (κ3) is 3.91. The molecule has 0 atom stereocenters. The fraction of sp³-hybridized carbons (Fsp3) is 0.190. The number of hydrogen-bond acceptors (Lipinski definition) is 5. The largest absolute Gasteiger partial charge is 0.320 e. The molecule has 0 unspecified atom stereocenters. The minimum atomic E-state index is -0.669. The zero-order chi connectivity index (χ0) is 21.3. The summed E-state index contributed by atoms with van der Waals surface area (Å²) in [5.41, 5.74) is 2.87. The summed E-state index contributed by atoms with van der Waals surface area (Å²) in [6.45, 7) is 7.28. The van der Waals surface area contributed by atoms with Gasteiger partial charge in [0.1, 0.15) is 5.69 Å². The Balaban J connectivity index is 2.09.